The summed E-state index contributed by atoms with van der Waals surface area (Å²) >= 11 is 0. The number of aromatic nitrogens is 2. The number of imidazole rings is 1. The first-order valence-electron chi connectivity index (χ1n) is 11.5. The molecule has 0 fully saturated rings. The van der Waals surface area contributed by atoms with Crippen molar-refractivity contribution in [2.45, 2.75) is 53.4 Å². The highest BCUT2D eigenvalue weighted by molar-refractivity contribution is 5.57. The van der Waals surface area contributed by atoms with Crippen LogP contribution in [-0.2, 0) is 4.74 Å². The van der Waals surface area contributed by atoms with Crippen molar-refractivity contribution >= 4 is 0 Å². The van der Waals surface area contributed by atoms with Crippen LogP contribution in [-0.4, -0.2) is 28.0 Å². The van der Waals surface area contributed by atoms with Gasteiger partial charge in [-0.15, -0.1) is 0 Å². The van der Waals surface area contributed by atoms with Gasteiger partial charge in [0.15, 0.2) is 0 Å². The van der Waals surface area contributed by atoms with Crippen molar-refractivity contribution in [3.05, 3.63) is 83.1 Å². The number of hydrogen-bond acceptors (Lipinski definition) is 5. The van der Waals surface area contributed by atoms with Crippen molar-refractivity contribution in [1.82, 2.24) is 14.5 Å². The van der Waals surface area contributed by atoms with Gasteiger partial charge in [0.25, 0.3) is 0 Å². The van der Waals surface area contributed by atoms with Gasteiger partial charge in [-0.25, -0.2) is 4.98 Å². The average molecular weight is 446 g/mol. The van der Waals surface area contributed by atoms with Crippen molar-refractivity contribution < 1.29 is 4.74 Å². The third-order valence-electron chi connectivity index (χ3n) is 5.99. The first-order valence-corrected chi connectivity index (χ1v) is 11.5. The molecule has 1 aliphatic heterocycles. The lowest BCUT2D eigenvalue weighted by Gasteiger charge is -2.37. The van der Waals surface area contributed by atoms with Gasteiger partial charge in [0, 0.05) is 37.2 Å². The van der Waals surface area contributed by atoms with Crippen molar-refractivity contribution in [3.63, 3.8) is 0 Å². The molecule has 0 spiro atoms. The van der Waals surface area contributed by atoms with Crippen molar-refractivity contribution in [2.75, 3.05) is 13.6 Å². The molecule has 0 amide bonds. The number of ether oxygens (including phenoxy) is 1. The van der Waals surface area contributed by atoms with Gasteiger partial charge in [-0.1, -0.05) is 52.3 Å². The molecule has 0 aliphatic carbocycles. The minimum Gasteiger partial charge on any atom is -0.424 e. The van der Waals surface area contributed by atoms with Crippen LogP contribution in [0.1, 0.15) is 58.9 Å². The molecule has 0 radical (unpaired) electrons. The lowest BCUT2D eigenvalue weighted by atomic mass is 9.72. The molecule has 174 valence electrons. The summed E-state index contributed by atoms with van der Waals surface area (Å²) in [6.07, 6.45) is 9.73. The fourth-order valence-corrected chi connectivity index (χ4v) is 4.13. The van der Waals surface area contributed by atoms with Crippen molar-refractivity contribution in [1.29, 1.82) is 5.26 Å². The summed E-state index contributed by atoms with van der Waals surface area (Å²) in [7, 11) is 2.00. The van der Waals surface area contributed by atoms with Gasteiger partial charge in [0.1, 0.15) is 11.6 Å². The molecule has 1 aliphatic rings. The normalized spacial score (nSPS) is 17.1. The molecule has 6 nitrogen and oxygen atoms in total. The molecule has 1 aromatic heterocycles. The van der Waals surface area contributed by atoms with E-state index in [1.165, 1.54) is 5.57 Å². The standard InChI is InChI=1S/C27H35N5O/c1-7-9-10-22(27(3,4)5)24-23(21(17-28)25(29)33-26(24)31(6)8-2)19-11-13-20(14-12-19)32-16-15-30-18-32/h10-16,18,23H,7-9,29H2,1-6H3/b22-10+. The van der Waals surface area contributed by atoms with Gasteiger partial charge in [-0.05, 0) is 42.0 Å². The average Bonchev–Trinajstić information content (AvgIpc) is 3.33. The topological polar surface area (TPSA) is 80.1 Å². The van der Waals surface area contributed by atoms with E-state index in [2.05, 4.69) is 68.8 Å². The number of nitrogens with two attached hydrogens (primary N) is 1. The SMILES string of the molecule is CCC/C=C(\C1=C(N(C)CC)OC(N)=C(C#N)C1c1ccc(-n2ccnc2)cc1)C(C)(C)C. The third-order valence-corrected chi connectivity index (χ3v) is 5.99. The molecule has 2 N–H and O–H groups in total. The molecule has 2 aromatic rings. The largest absolute Gasteiger partial charge is 0.424 e. The van der Waals surface area contributed by atoms with E-state index in [-0.39, 0.29) is 17.2 Å². The van der Waals surface area contributed by atoms with Gasteiger partial charge in [-0.3, -0.25) is 0 Å². The van der Waals surface area contributed by atoms with E-state index in [0.717, 1.165) is 42.1 Å². The second kappa shape index (κ2) is 9.99. The molecule has 6 heteroatoms. The van der Waals surface area contributed by atoms with Crippen LogP contribution in [0.25, 0.3) is 5.69 Å². The zero-order chi connectivity index (χ0) is 24.2. The Morgan fingerprint density at radius 3 is 2.48 bits per heavy atom. The Kier molecular flexibility index (Phi) is 7.33. The summed E-state index contributed by atoms with van der Waals surface area (Å²) in [4.78, 5) is 6.20. The minimum atomic E-state index is -0.313. The molecule has 0 bridgehead atoms. The third kappa shape index (κ3) is 4.98. The van der Waals surface area contributed by atoms with Crippen LogP contribution in [0.5, 0.6) is 0 Å². The van der Waals surface area contributed by atoms with Gasteiger partial charge in [-0.2, -0.15) is 5.26 Å². The Morgan fingerprint density at radius 1 is 1.27 bits per heavy atom. The summed E-state index contributed by atoms with van der Waals surface area (Å²) in [5.41, 5.74) is 10.8. The maximum Gasteiger partial charge on any atom is 0.207 e. The van der Waals surface area contributed by atoms with E-state index < -0.39 is 0 Å². The Labute approximate surface area is 197 Å². The van der Waals surface area contributed by atoms with Crippen LogP contribution in [0, 0.1) is 16.7 Å². The second-order valence-electron chi connectivity index (χ2n) is 9.38. The molecular weight excluding hydrogens is 410 g/mol. The molecule has 0 saturated carbocycles. The number of allylic oxidation sites excluding steroid dienone is 4. The molecule has 3 rings (SSSR count). The van der Waals surface area contributed by atoms with Gasteiger partial charge in [0.05, 0.1) is 12.2 Å². The van der Waals surface area contributed by atoms with Crippen LogP contribution in [0.15, 0.2) is 77.5 Å². The molecular formula is C27H35N5O. The monoisotopic (exact) mass is 445 g/mol. The molecule has 1 atom stereocenters. The Hall–Kier alpha value is -3.46. The molecule has 1 aromatic carbocycles. The summed E-state index contributed by atoms with van der Waals surface area (Å²) in [6, 6.07) is 10.6. The van der Waals surface area contributed by atoms with E-state index in [4.69, 9.17) is 10.5 Å². The first kappa shape index (κ1) is 24.2. The highest BCUT2D eigenvalue weighted by Crippen LogP contribution is 2.47. The number of rotatable bonds is 7. The molecule has 2 heterocycles. The van der Waals surface area contributed by atoms with Crippen LogP contribution in [0.3, 0.4) is 0 Å². The lowest BCUT2D eigenvalue weighted by Crippen LogP contribution is -2.32. The lowest BCUT2D eigenvalue weighted by molar-refractivity contribution is 0.170. The maximum absolute atomic E-state index is 10.1. The fourth-order valence-electron chi connectivity index (χ4n) is 4.13. The van der Waals surface area contributed by atoms with E-state index in [9.17, 15) is 5.26 Å². The van der Waals surface area contributed by atoms with Crippen LogP contribution in [0.2, 0.25) is 0 Å². The van der Waals surface area contributed by atoms with Crippen LogP contribution in [0.4, 0.5) is 0 Å². The Bertz CT molecular complexity index is 1090. The van der Waals surface area contributed by atoms with E-state index in [1.807, 2.05) is 29.9 Å². The van der Waals surface area contributed by atoms with E-state index in [0.29, 0.717) is 5.57 Å². The number of benzene rings is 1. The molecule has 0 saturated heterocycles. The molecule has 1 unspecified atom stereocenters. The minimum absolute atomic E-state index is 0.143. The van der Waals surface area contributed by atoms with Crippen LogP contribution >= 0.6 is 0 Å². The predicted octanol–water partition coefficient (Wildman–Crippen LogP) is 5.62. The first-order chi connectivity index (χ1) is 15.7. The Morgan fingerprint density at radius 2 is 1.97 bits per heavy atom. The smallest absolute Gasteiger partial charge is 0.207 e. The zero-order valence-corrected chi connectivity index (χ0v) is 20.6. The zero-order valence-electron chi connectivity index (χ0n) is 20.6. The number of hydrogen-bond donors (Lipinski definition) is 1. The van der Waals surface area contributed by atoms with E-state index in [1.54, 1.807) is 12.5 Å². The maximum atomic E-state index is 10.1. The summed E-state index contributed by atoms with van der Waals surface area (Å²) in [5, 5.41) is 10.1. The van der Waals surface area contributed by atoms with Gasteiger partial charge >= 0.3 is 0 Å². The predicted molar refractivity (Wildman–Crippen MR) is 132 cm³/mol. The number of nitriles is 1. The van der Waals surface area contributed by atoms with Crippen molar-refractivity contribution in [3.8, 4) is 11.8 Å². The van der Waals surface area contributed by atoms with Crippen molar-refractivity contribution in [2.24, 2.45) is 11.1 Å². The fraction of sp³-hybridized carbons (Fsp3) is 0.407. The quantitative estimate of drug-likeness (QED) is 0.599. The summed E-state index contributed by atoms with van der Waals surface area (Å²) in [6.45, 7) is 11.6. The number of unbranched alkanes of at least 4 members (excludes halogenated alkanes) is 1. The number of nitrogens with zero attached hydrogens (tertiary/aromatic N) is 4. The van der Waals surface area contributed by atoms with Crippen LogP contribution < -0.4 is 5.73 Å². The van der Waals surface area contributed by atoms with Gasteiger partial charge in [0.2, 0.25) is 11.8 Å². The summed E-state index contributed by atoms with van der Waals surface area (Å²) in [5.74, 6) is 0.575. The Balaban J connectivity index is 2.26. The summed E-state index contributed by atoms with van der Waals surface area (Å²) < 4.78 is 8.09. The molecule has 33 heavy (non-hydrogen) atoms. The highest BCUT2D eigenvalue weighted by Gasteiger charge is 2.38. The van der Waals surface area contributed by atoms with Gasteiger partial charge < -0.3 is 19.9 Å². The second-order valence-corrected chi connectivity index (χ2v) is 9.38. The van der Waals surface area contributed by atoms with E-state index >= 15 is 0 Å². The highest BCUT2D eigenvalue weighted by atomic mass is 16.5.